The molecule has 0 saturated heterocycles. The summed E-state index contributed by atoms with van der Waals surface area (Å²) >= 11 is 0. The van der Waals surface area contributed by atoms with Gasteiger partial charge in [0.25, 0.3) is 0 Å². The van der Waals surface area contributed by atoms with Gasteiger partial charge in [0.2, 0.25) is 0 Å². The molecular formula is C16H13FN2O3. The van der Waals surface area contributed by atoms with E-state index >= 15 is 0 Å². The highest BCUT2D eigenvalue weighted by atomic mass is 19.1. The minimum absolute atomic E-state index is 0.0263. The largest absolute Gasteiger partial charge is 0.486 e. The summed E-state index contributed by atoms with van der Waals surface area (Å²) in [4.78, 5) is 15.4. The number of nitrogens with zero attached hydrogens (tertiary/aromatic N) is 2. The van der Waals surface area contributed by atoms with E-state index in [-0.39, 0.29) is 12.3 Å². The standard InChI is InChI=1S/C16H13FN2O3/c1-10-4-2-7-13-15(16(20)21)18-14(19(10)13)9-22-12-6-3-5-11(17)8-12/h2-8H,9H2,1H3,(H,20,21). The molecule has 0 bridgehead atoms. The first-order valence-corrected chi connectivity index (χ1v) is 6.65. The number of fused-ring (bicyclic) bond motifs is 1. The highest BCUT2D eigenvalue weighted by molar-refractivity contribution is 5.93. The van der Waals surface area contributed by atoms with Gasteiger partial charge in [0.15, 0.2) is 11.5 Å². The molecule has 6 heteroatoms. The molecule has 0 aliphatic heterocycles. The third-order valence-corrected chi connectivity index (χ3v) is 3.29. The van der Waals surface area contributed by atoms with Crippen molar-refractivity contribution in [3.05, 3.63) is 65.5 Å². The maximum atomic E-state index is 13.1. The Hall–Kier alpha value is -2.89. The summed E-state index contributed by atoms with van der Waals surface area (Å²) in [5.74, 6) is -0.676. The molecule has 0 saturated carbocycles. The third-order valence-electron chi connectivity index (χ3n) is 3.29. The first kappa shape index (κ1) is 14.1. The first-order chi connectivity index (χ1) is 10.6. The van der Waals surface area contributed by atoms with Crippen LogP contribution >= 0.6 is 0 Å². The number of carboxylic acid groups (broad SMARTS) is 1. The fourth-order valence-electron chi connectivity index (χ4n) is 2.34. The molecule has 0 aliphatic carbocycles. The topological polar surface area (TPSA) is 63.8 Å². The fraction of sp³-hybridized carbons (Fsp3) is 0.125. The van der Waals surface area contributed by atoms with Crippen molar-refractivity contribution in [3.63, 3.8) is 0 Å². The van der Waals surface area contributed by atoms with E-state index in [9.17, 15) is 14.3 Å². The minimum atomic E-state index is -1.10. The predicted molar refractivity (Wildman–Crippen MR) is 77.6 cm³/mol. The van der Waals surface area contributed by atoms with Gasteiger partial charge in [-0.05, 0) is 31.2 Å². The van der Waals surface area contributed by atoms with Crippen LogP contribution in [0.2, 0.25) is 0 Å². The molecule has 5 nitrogen and oxygen atoms in total. The lowest BCUT2D eigenvalue weighted by Crippen LogP contribution is -2.03. The quantitative estimate of drug-likeness (QED) is 0.804. The summed E-state index contributed by atoms with van der Waals surface area (Å²) in [5.41, 5.74) is 1.32. The van der Waals surface area contributed by atoms with Crippen LogP contribution in [-0.2, 0) is 6.61 Å². The van der Waals surface area contributed by atoms with Gasteiger partial charge in [0, 0.05) is 11.8 Å². The summed E-state index contributed by atoms with van der Waals surface area (Å²) in [7, 11) is 0. The van der Waals surface area contributed by atoms with Crippen molar-refractivity contribution in [2.24, 2.45) is 0 Å². The number of aromatic nitrogens is 2. The molecule has 3 aromatic rings. The van der Waals surface area contributed by atoms with Crippen LogP contribution in [0.3, 0.4) is 0 Å². The molecule has 2 heterocycles. The van der Waals surface area contributed by atoms with Gasteiger partial charge in [0.05, 0.1) is 5.52 Å². The van der Waals surface area contributed by atoms with E-state index in [0.29, 0.717) is 17.1 Å². The maximum Gasteiger partial charge on any atom is 0.356 e. The number of aryl methyl sites for hydroxylation is 1. The monoisotopic (exact) mass is 300 g/mol. The number of carboxylic acids is 1. The van der Waals surface area contributed by atoms with Crippen LogP contribution in [0.25, 0.3) is 5.52 Å². The van der Waals surface area contributed by atoms with Gasteiger partial charge >= 0.3 is 5.97 Å². The average molecular weight is 300 g/mol. The Bertz CT molecular complexity index is 858. The Labute approximate surface area is 125 Å². The zero-order valence-corrected chi connectivity index (χ0v) is 11.8. The molecule has 1 aromatic carbocycles. The summed E-state index contributed by atoms with van der Waals surface area (Å²) in [6.45, 7) is 1.90. The zero-order chi connectivity index (χ0) is 15.7. The molecule has 0 amide bonds. The summed E-state index contributed by atoms with van der Waals surface area (Å²) in [5, 5.41) is 9.24. The molecule has 112 valence electrons. The molecule has 22 heavy (non-hydrogen) atoms. The van der Waals surface area contributed by atoms with E-state index in [4.69, 9.17) is 4.74 Å². The second-order valence-corrected chi connectivity index (χ2v) is 4.82. The van der Waals surface area contributed by atoms with Crippen molar-refractivity contribution < 1.29 is 19.0 Å². The van der Waals surface area contributed by atoms with E-state index in [2.05, 4.69) is 4.98 Å². The Balaban J connectivity index is 1.98. The van der Waals surface area contributed by atoms with Gasteiger partial charge in [-0.15, -0.1) is 0 Å². The Morgan fingerprint density at radius 1 is 1.32 bits per heavy atom. The van der Waals surface area contributed by atoms with Crippen molar-refractivity contribution in [3.8, 4) is 5.75 Å². The number of pyridine rings is 1. The second-order valence-electron chi connectivity index (χ2n) is 4.82. The van der Waals surface area contributed by atoms with Gasteiger partial charge in [-0.3, -0.25) is 4.40 Å². The molecule has 1 N–H and O–H groups in total. The first-order valence-electron chi connectivity index (χ1n) is 6.65. The molecule has 0 unspecified atom stereocenters. The van der Waals surface area contributed by atoms with Crippen LogP contribution in [-0.4, -0.2) is 20.5 Å². The smallest absolute Gasteiger partial charge is 0.356 e. The summed E-state index contributed by atoms with van der Waals surface area (Å²) in [6.07, 6.45) is 0. The number of aromatic carboxylic acids is 1. The lowest BCUT2D eigenvalue weighted by molar-refractivity contribution is 0.0693. The van der Waals surface area contributed by atoms with Crippen LogP contribution in [0.4, 0.5) is 4.39 Å². The van der Waals surface area contributed by atoms with Crippen LogP contribution in [0.5, 0.6) is 5.75 Å². The third kappa shape index (κ3) is 2.50. The molecule has 0 radical (unpaired) electrons. The number of hydrogen-bond donors (Lipinski definition) is 1. The predicted octanol–water partition coefficient (Wildman–Crippen LogP) is 3.06. The molecule has 0 spiro atoms. The number of imidazole rings is 1. The van der Waals surface area contributed by atoms with Gasteiger partial charge in [-0.1, -0.05) is 12.1 Å². The van der Waals surface area contributed by atoms with Gasteiger partial charge in [0.1, 0.15) is 18.2 Å². The second kappa shape index (κ2) is 5.48. The van der Waals surface area contributed by atoms with Crippen LogP contribution in [0.15, 0.2) is 42.5 Å². The van der Waals surface area contributed by atoms with Gasteiger partial charge in [-0.2, -0.15) is 0 Å². The Morgan fingerprint density at radius 2 is 2.09 bits per heavy atom. The van der Waals surface area contributed by atoms with E-state index in [0.717, 1.165) is 5.69 Å². The van der Waals surface area contributed by atoms with E-state index < -0.39 is 11.8 Å². The van der Waals surface area contributed by atoms with Crippen molar-refractivity contribution in [2.75, 3.05) is 0 Å². The van der Waals surface area contributed by atoms with Crippen molar-refractivity contribution >= 4 is 11.5 Å². The molecule has 3 rings (SSSR count). The lowest BCUT2D eigenvalue weighted by Gasteiger charge is -2.07. The lowest BCUT2D eigenvalue weighted by atomic mass is 10.3. The highest BCUT2D eigenvalue weighted by Crippen LogP contribution is 2.19. The van der Waals surface area contributed by atoms with Crippen LogP contribution < -0.4 is 4.74 Å². The van der Waals surface area contributed by atoms with Crippen molar-refractivity contribution in [1.82, 2.24) is 9.38 Å². The number of halogens is 1. The number of benzene rings is 1. The Kier molecular flexibility index (Phi) is 3.50. The van der Waals surface area contributed by atoms with Gasteiger partial charge < -0.3 is 9.84 Å². The van der Waals surface area contributed by atoms with E-state index in [1.807, 2.05) is 13.0 Å². The molecule has 0 atom stereocenters. The Morgan fingerprint density at radius 3 is 2.82 bits per heavy atom. The van der Waals surface area contributed by atoms with Gasteiger partial charge in [-0.25, -0.2) is 14.2 Å². The van der Waals surface area contributed by atoms with E-state index in [1.54, 1.807) is 28.7 Å². The average Bonchev–Trinajstić information content (AvgIpc) is 2.86. The van der Waals surface area contributed by atoms with Crippen LogP contribution in [0.1, 0.15) is 22.0 Å². The normalized spacial score (nSPS) is 10.8. The number of rotatable bonds is 4. The molecule has 2 aromatic heterocycles. The zero-order valence-electron chi connectivity index (χ0n) is 11.8. The number of carbonyl (C=O) groups is 1. The van der Waals surface area contributed by atoms with Crippen molar-refractivity contribution in [2.45, 2.75) is 13.5 Å². The summed E-state index contributed by atoms with van der Waals surface area (Å²) < 4.78 is 20.4. The van der Waals surface area contributed by atoms with Crippen LogP contribution in [0, 0.1) is 12.7 Å². The minimum Gasteiger partial charge on any atom is -0.486 e. The SMILES string of the molecule is Cc1cccc2c(C(=O)O)nc(COc3cccc(F)c3)n12. The molecule has 0 fully saturated rings. The highest BCUT2D eigenvalue weighted by Gasteiger charge is 2.17. The maximum absolute atomic E-state index is 13.1. The number of hydrogen-bond acceptors (Lipinski definition) is 3. The van der Waals surface area contributed by atoms with E-state index in [1.165, 1.54) is 12.1 Å². The fourth-order valence-corrected chi connectivity index (χ4v) is 2.34. The molecular weight excluding hydrogens is 287 g/mol. The van der Waals surface area contributed by atoms with Crippen molar-refractivity contribution in [1.29, 1.82) is 0 Å². The summed E-state index contributed by atoms with van der Waals surface area (Å²) in [6, 6.07) is 11.1. The molecule has 0 aliphatic rings. The number of ether oxygens (including phenoxy) is 1.